The molecule has 0 fully saturated rings. The Morgan fingerprint density at radius 2 is 1.39 bits per heavy atom. The molecule has 3 aromatic carbocycles. The fourth-order valence-corrected chi connectivity index (χ4v) is 4.45. The molecule has 3 amide bonds. The summed E-state index contributed by atoms with van der Waals surface area (Å²) in [6, 6.07) is 23.7. The number of guanidine groups is 1. The fraction of sp³-hybridized carbons (Fsp3) is 0.233. The van der Waals surface area contributed by atoms with E-state index in [9.17, 15) is 24.3 Å². The van der Waals surface area contributed by atoms with Crippen LogP contribution in [0.5, 0.6) is 0 Å². The molecule has 3 aromatic rings. The van der Waals surface area contributed by atoms with E-state index < -0.39 is 36.3 Å². The number of primary amides is 1. The summed E-state index contributed by atoms with van der Waals surface area (Å²) in [5, 5.41) is 11.6. The van der Waals surface area contributed by atoms with E-state index in [0.717, 1.165) is 11.1 Å². The van der Waals surface area contributed by atoms with Crippen molar-refractivity contribution in [2.45, 2.75) is 31.3 Å². The molecule has 8 N–H and O–H groups in total. The largest absolute Gasteiger partial charge is 0.480 e. The molecule has 214 valence electrons. The van der Waals surface area contributed by atoms with Gasteiger partial charge in [-0.2, -0.15) is 0 Å². The van der Waals surface area contributed by atoms with E-state index in [2.05, 4.69) is 10.3 Å². The van der Waals surface area contributed by atoms with Gasteiger partial charge in [0.2, 0.25) is 17.7 Å². The second kappa shape index (κ2) is 14.8. The molecule has 0 radical (unpaired) electrons. The third-order valence-electron chi connectivity index (χ3n) is 6.41. The summed E-state index contributed by atoms with van der Waals surface area (Å²) >= 11 is 0. The number of carboxylic acid groups (broad SMARTS) is 1. The maximum atomic E-state index is 14.5. The molecular weight excluding hydrogens is 524 g/mol. The van der Waals surface area contributed by atoms with Gasteiger partial charge in [0, 0.05) is 18.7 Å². The van der Waals surface area contributed by atoms with Crippen LogP contribution in [0.15, 0.2) is 89.9 Å². The average molecular weight is 559 g/mol. The topological polar surface area (TPSA) is 194 Å². The van der Waals surface area contributed by atoms with Gasteiger partial charge in [-0.3, -0.25) is 24.2 Å². The Kier molecular flexibility index (Phi) is 11.0. The first-order valence-electron chi connectivity index (χ1n) is 13.0. The van der Waals surface area contributed by atoms with Crippen LogP contribution in [0.1, 0.15) is 45.8 Å². The van der Waals surface area contributed by atoms with Gasteiger partial charge in [-0.15, -0.1) is 0 Å². The van der Waals surface area contributed by atoms with Gasteiger partial charge in [0.05, 0.1) is 5.92 Å². The summed E-state index contributed by atoms with van der Waals surface area (Å²) in [5.41, 5.74) is 18.7. The highest BCUT2D eigenvalue weighted by atomic mass is 16.4. The standard InChI is InChI=1S/C30H34N6O5/c31-27(39)23-15-13-20(14-16-23)19-36(24(12-7-17-34-30(32)33)28(40)35-18-25(37)38)29(41)26(21-8-3-1-4-9-21)22-10-5-2-6-11-22/h1-6,8-11,13-16,24,26H,7,12,17-19H2,(H2,31,39)(H,35,40)(H,37,38)(H4,32,33,34)/t24-/m0/s1. The summed E-state index contributed by atoms with van der Waals surface area (Å²) < 4.78 is 0. The molecule has 0 saturated heterocycles. The summed E-state index contributed by atoms with van der Waals surface area (Å²) in [7, 11) is 0. The molecule has 1 atom stereocenters. The van der Waals surface area contributed by atoms with Gasteiger partial charge in [-0.25, -0.2) is 0 Å². The number of carboxylic acids is 1. The smallest absolute Gasteiger partial charge is 0.322 e. The highest BCUT2D eigenvalue weighted by Gasteiger charge is 2.35. The first-order valence-corrected chi connectivity index (χ1v) is 13.0. The van der Waals surface area contributed by atoms with Gasteiger partial charge >= 0.3 is 5.97 Å². The van der Waals surface area contributed by atoms with Crippen molar-refractivity contribution >= 4 is 29.7 Å². The predicted molar refractivity (Wildman–Crippen MR) is 155 cm³/mol. The van der Waals surface area contributed by atoms with Crippen LogP contribution in [0.4, 0.5) is 0 Å². The quantitative estimate of drug-likeness (QED) is 0.112. The number of rotatable bonds is 14. The lowest BCUT2D eigenvalue weighted by molar-refractivity contribution is -0.143. The van der Waals surface area contributed by atoms with Gasteiger partial charge in [0.25, 0.3) is 0 Å². The number of amides is 3. The molecule has 0 heterocycles. The minimum absolute atomic E-state index is 0.00148. The Bertz CT molecular complexity index is 1320. The van der Waals surface area contributed by atoms with E-state index in [1.165, 1.54) is 4.90 Å². The first-order chi connectivity index (χ1) is 19.7. The second-order valence-electron chi connectivity index (χ2n) is 9.36. The van der Waals surface area contributed by atoms with Gasteiger partial charge in [0.1, 0.15) is 12.6 Å². The number of benzene rings is 3. The number of hydrogen-bond acceptors (Lipinski definition) is 5. The van der Waals surface area contributed by atoms with Crippen LogP contribution in [0.3, 0.4) is 0 Å². The Morgan fingerprint density at radius 1 is 0.829 bits per heavy atom. The second-order valence-corrected chi connectivity index (χ2v) is 9.36. The van der Waals surface area contributed by atoms with Crippen molar-refractivity contribution in [1.29, 1.82) is 0 Å². The zero-order valence-corrected chi connectivity index (χ0v) is 22.5. The molecular formula is C30H34N6O5. The molecule has 3 rings (SSSR count). The van der Waals surface area contributed by atoms with Crippen molar-refractivity contribution in [2.24, 2.45) is 22.2 Å². The maximum Gasteiger partial charge on any atom is 0.322 e. The van der Waals surface area contributed by atoms with Crippen LogP contribution in [0.2, 0.25) is 0 Å². The van der Waals surface area contributed by atoms with Crippen molar-refractivity contribution in [3.05, 3.63) is 107 Å². The van der Waals surface area contributed by atoms with Crippen molar-refractivity contribution in [3.8, 4) is 0 Å². The van der Waals surface area contributed by atoms with E-state index in [1.54, 1.807) is 24.3 Å². The first kappa shape index (κ1) is 30.4. The molecule has 0 aliphatic heterocycles. The third-order valence-corrected chi connectivity index (χ3v) is 6.41. The highest BCUT2D eigenvalue weighted by molar-refractivity contribution is 5.94. The summed E-state index contributed by atoms with van der Waals surface area (Å²) in [5.74, 6) is -3.66. The molecule has 0 spiro atoms. The zero-order chi connectivity index (χ0) is 29.8. The fourth-order valence-electron chi connectivity index (χ4n) is 4.45. The number of carbonyl (C=O) groups excluding carboxylic acids is 3. The van der Waals surface area contributed by atoms with Crippen LogP contribution in [0.25, 0.3) is 0 Å². The summed E-state index contributed by atoms with van der Waals surface area (Å²) in [6.07, 6.45) is 0.498. The Labute approximate surface area is 238 Å². The number of nitrogens with zero attached hydrogens (tertiary/aromatic N) is 2. The van der Waals surface area contributed by atoms with Gasteiger partial charge < -0.3 is 32.5 Å². The summed E-state index contributed by atoms with van der Waals surface area (Å²) in [4.78, 5) is 56.2. The van der Waals surface area contributed by atoms with Crippen molar-refractivity contribution < 1.29 is 24.3 Å². The third kappa shape index (κ3) is 8.92. The van der Waals surface area contributed by atoms with Crippen molar-refractivity contribution in [3.63, 3.8) is 0 Å². The molecule has 0 aliphatic carbocycles. The van der Waals surface area contributed by atoms with Crippen LogP contribution < -0.4 is 22.5 Å². The Balaban J connectivity index is 2.09. The normalized spacial score (nSPS) is 11.3. The average Bonchev–Trinajstić information content (AvgIpc) is 2.96. The highest BCUT2D eigenvalue weighted by Crippen LogP contribution is 2.29. The van der Waals surface area contributed by atoms with Crippen LogP contribution >= 0.6 is 0 Å². The Hall–Kier alpha value is -5.19. The van der Waals surface area contributed by atoms with Crippen LogP contribution in [0, 0.1) is 0 Å². The minimum atomic E-state index is -1.22. The molecule has 11 nitrogen and oxygen atoms in total. The number of aliphatic carboxylic acids is 1. The van der Waals surface area contributed by atoms with Crippen LogP contribution in [-0.2, 0) is 20.9 Å². The number of carbonyl (C=O) groups is 4. The molecule has 0 saturated carbocycles. The maximum absolute atomic E-state index is 14.5. The number of nitrogens with one attached hydrogen (secondary N) is 1. The van der Waals surface area contributed by atoms with Crippen LogP contribution in [-0.4, -0.2) is 58.8 Å². The van der Waals surface area contributed by atoms with E-state index >= 15 is 0 Å². The Morgan fingerprint density at radius 3 is 1.88 bits per heavy atom. The zero-order valence-electron chi connectivity index (χ0n) is 22.5. The number of nitrogens with two attached hydrogens (primary N) is 3. The van der Waals surface area contributed by atoms with E-state index in [4.69, 9.17) is 17.2 Å². The van der Waals surface area contributed by atoms with E-state index in [-0.39, 0.29) is 31.4 Å². The summed E-state index contributed by atoms with van der Waals surface area (Å²) in [6.45, 7) is -0.401. The minimum Gasteiger partial charge on any atom is -0.480 e. The molecule has 0 aliphatic rings. The lowest BCUT2D eigenvalue weighted by Crippen LogP contribution is -2.51. The molecule has 41 heavy (non-hydrogen) atoms. The van der Waals surface area contributed by atoms with Gasteiger partial charge in [-0.1, -0.05) is 72.8 Å². The molecule has 0 aromatic heterocycles. The molecule has 0 unspecified atom stereocenters. The lowest BCUT2D eigenvalue weighted by Gasteiger charge is -2.34. The van der Waals surface area contributed by atoms with Gasteiger partial charge in [0.15, 0.2) is 5.96 Å². The van der Waals surface area contributed by atoms with E-state index in [1.807, 2.05) is 60.7 Å². The van der Waals surface area contributed by atoms with Gasteiger partial charge in [-0.05, 0) is 41.7 Å². The monoisotopic (exact) mass is 558 g/mol. The van der Waals surface area contributed by atoms with Crippen molar-refractivity contribution in [2.75, 3.05) is 13.1 Å². The van der Waals surface area contributed by atoms with Crippen molar-refractivity contribution in [1.82, 2.24) is 10.2 Å². The number of aliphatic imine (C=N–C) groups is 1. The van der Waals surface area contributed by atoms with E-state index in [0.29, 0.717) is 17.5 Å². The lowest BCUT2D eigenvalue weighted by atomic mass is 9.89. The predicted octanol–water partition coefficient (Wildman–Crippen LogP) is 1.57. The molecule has 11 heteroatoms. The SMILES string of the molecule is NC(=O)c1ccc(CN(C(=O)C(c2ccccc2)c2ccccc2)[C@@H](CCCN=C(N)N)C(=O)NCC(=O)O)cc1. The molecule has 0 bridgehead atoms. The number of hydrogen-bond donors (Lipinski definition) is 5.